The highest BCUT2D eigenvalue weighted by Crippen LogP contribution is 2.34. The van der Waals surface area contributed by atoms with Gasteiger partial charge in [-0.15, -0.1) is 0 Å². The molecule has 25 heavy (non-hydrogen) atoms. The lowest BCUT2D eigenvalue weighted by atomic mass is 9.95. The van der Waals surface area contributed by atoms with Crippen LogP contribution in [0.4, 0.5) is 17.1 Å². The molecule has 126 valence electrons. The first kappa shape index (κ1) is 17.0. The normalized spacial score (nSPS) is 11.6. The lowest BCUT2D eigenvalue weighted by molar-refractivity contribution is 0.547. The fourth-order valence-electron chi connectivity index (χ4n) is 2.68. The summed E-state index contributed by atoms with van der Waals surface area (Å²) in [5.74, 6) is 0. The van der Waals surface area contributed by atoms with Crippen LogP contribution in [-0.2, 0) is 0 Å². The van der Waals surface area contributed by atoms with E-state index in [-0.39, 0.29) is 5.41 Å². The molecule has 0 fully saturated rings. The molecular weight excluding hydrogens is 302 g/mol. The standard InChI is InChI=1S/C24H25N/c1-24(2,3)19-18-20-14-16-23(17-15-20)25(21-10-6-4-7-11-21)22-12-8-5-9-13-22/h4-19H,1-3H3/b19-18+. The molecule has 0 aliphatic carbocycles. The monoisotopic (exact) mass is 327 g/mol. The number of nitrogens with zero attached hydrogens (tertiary/aromatic N) is 1. The third kappa shape index (κ3) is 4.60. The number of hydrogen-bond donors (Lipinski definition) is 0. The summed E-state index contributed by atoms with van der Waals surface area (Å²) in [6.07, 6.45) is 4.44. The van der Waals surface area contributed by atoms with Crippen LogP contribution in [0, 0.1) is 5.41 Å². The largest absolute Gasteiger partial charge is 0.311 e. The van der Waals surface area contributed by atoms with Crippen molar-refractivity contribution in [2.45, 2.75) is 20.8 Å². The van der Waals surface area contributed by atoms with Gasteiger partial charge in [0.05, 0.1) is 0 Å². The molecule has 0 spiro atoms. The smallest absolute Gasteiger partial charge is 0.0462 e. The summed E-state index contributed by atoms with van der Waals surface area (Å²) < 4.78 is 0. The van der Waals surface area contributed by atoms with Crippen LogP contribution in [0.15, 0.2) is 91.0 Å². The minimum Gasteiger partial charge on any atom is -0.311 e. The van der Waals surface area contributed by atoms with Gasteiger partial charge in [-0.05, 0) is 47.4 Å². The van der Waals surface area contributed by atoms with E-state index in [4.69, 9.17) is 0 Å². The van der Waals surface area contributed by atoms with E-state index < -0.39 is 0 Å². The molecule has 3 rings (SSSR count). The second kappa shape index (κ2) is 7.40. The number of anilines is 3. The van der Waals surface area contributed by atoms with Gasteiger partial charge in [0, 0.05) is 17.1 Å². The van der Waals surface area contributed by atoms with Crippen molar-refractivity contribution >= 4 is 23.1 Å². The van der Waals surface area contributed by atoms with Crippen molar-refractivity contribution in [3.63, 3.8) is 0 Å². The van der Waals surface area contributed by atoms with Gasteiger partial charge >= 0.3 is 0 Å². The van der Waals surface area contributed by atoms with E-state index in [2.05, 4.69) is 111 Å². The molecule has 1 nitrogen and oxygen atoms in total. The lowest BCUT2D eigenvalue weighted by Gasteiger charge is -2.25. The maximum Gasteiger partial charge on any atom is 0.0462 e. The Morgan fingerprint density at radius 3 is 1.48 bits per heavy atom. The third-order valence-electron chi connectivity index (χ3n) is 3.96. The molecule has 0 aromatic heterocycles. The summed E-state index contributed by atoms with van der Waals surface area (Å²) in [5.41, 5.74) is 4.89. The molecule has 0 heterocycles. The number of para-hydroxylation sites is 2. The van der Waals surface area contributed by atoms with E-state index in [1.54, 1.807) is 0 Å². The first-order chi connectivity index (χ1) is 12.0. The second-order valence-electron chi connectivity index (χ2n) is 7.30. The number of hydrogen-bond acceptors (Lipinski definition) is 1. The zero-order chi connectivity index (χ0) is 17.7. The molecule has 0 aliphatic heterocycles. The summed E-state index contributed by atoms with van der Waals surface area (Å²) in [6, 6.07) is 29.7. The van der Waals surface area contributed by atoms with Crippen molar-refractivity contribution in [3.05, 3.63) is 96.6 Å². The Morgan fingerprint density at radius 2 is 1.04 bits per heavy atom. The van der Waals surface area contributed by atoms with Gasteiger partial charge in [0.25, 0.3) is 0 Å². The van der Waals surface area contributed by atoms with Crippen LogP contribution in [0.25, 0.3) is 6.08 Å². The topological polar surface area (TPSA) is 3.24 Å². The highest BCUT2D eigenvalue weighted by molar-refractivity contribution is 5.76. The molecule has 3 aromatic carbocycles. The van der Waals surface area contributed by atoms with E-state index in [0.717, 1.165) is 17.1 Å². The van der Waals surface area contributed by atoms with Gasteiger partial charge in [0.15, 0.2) is 0 Å². The Morgan fingerprint density at radius 1 is 0.600 bits per heavy atom. The Hall–Kier alpha value is -2.80. The summed E-state index contributed by atoms with van der Waals surface area (Å²) in [5, 5.41) is 0. The Bertz CT molecular complexity index is 770. The van der Waals surface area contributed by atoms with Crippen LogP contribution < -0.4 is 4.90 Å². The second-order valence-corrected chi connectivity index (χ2v) is 7.30. The van der Waals surface area contributed by atoms with Gasteiger partial charge in [0.2, 0.25) is 0 Å². The van der Waals surface area contributed by atoms with Crippen molar-refractivity contribution in [3.8, 4) is 0 Å². The van der Waals surface area contributed by atoms with Crippen LogP contribution in [0.5, 0.6) is 0 Å². The minimum absolute atomic E-state index is 0.193. The molecule has 0 radical (unpaired) electrons. The maximum atomic E-state index is 2.28. The van der Waals surface area contributed by atoms with Crippen molar-refractivity contribution in [2.24, 2.45) is 5.41 Å². The molecule has 0 saturated heterocycles. The molecule has 0 N–H and O–H groups in total. The summed E-state index contributed by atoms with van der Waals surface area (Å²) in [6.45, 7) is 6.64. The van der Waals surface area contributed by atoms with Gasteiger partial charge in [-0.25, -0.2) is 0 Å². The number of allylic oxidation sites excluding steroid dienone is 1. The van der Waals surface area contributed by atoms with E-state index in [0.29, 0.717) is 0 Å². The molecule has 0 unspecified atom stereocenters. The SMILES string of the molecule is CC(C)(C)/C=C/c1ccc(N(c2ccccc2)c2ccccc2)cc1. The van der Waals surface area contributed by atoms with Crippen LogP contribution in [0.2, 0.25) is 0 Å². The zero-order valence-corrected chi connectivity index (χ0v) is 15.2. The predicted octanol–water partition coefficient (Wildman–Crippen LogP) is 7.22. The van der Waals surface area contributed by atoms with Crippen LogP contribution in [0.1, 0.15) is 26.3 Å². The van der Waals surface area contributed by atoms with Gasteiger partial charge in [0.1, 0.15) is 0 Å². The molecular formula is C24H25N. The number of rotatable bonds is 4. The highest BCUT2D eigenvalue weighted by Gasteiger charge is 2.11. The molecule has 1 heteroatoms. The van der Waals surface area contributed by atoms with Crippen molar-refractivity contribution in [1.29, 1.82) is 0 Å². The summed E-state index contributed by atoms with van der Waals surface area (Å²) >= 11 is 0. The Kier molecular flexibility index (Phi) is 5.04. The Balaban J connectivity index is 1.96. The van der Waals surface area contributed by atoms with Crippen LogP contribution in [0.3, 0.4) is 0 Å². The fraction of sp³-hybridized carbons (Fsp3) is 0.167. The zero-order valence-electron chi connectivity index (χ0n) is 15.2. The van der Waals surface area contributed by atoms with Gasteiger partial charge in [-0.1, -0.05) is 81.5 Å². The summed E-state index contributed by atoms with van der Waals surface area (Å²) in [7, 11) is 0. The lowest BCUT2D eigenvalue weighted by Crippen LogP contribution is -2.09. The van der Waals surface area contributed by atoms with E-state index in [1.807, 2.05) is 12.1 Å². The van der Waals surface area contributed by atoms with Crippen molar-refractivity contribution in [2.75, 3.05) is 4.90 Å². The molecule has 0 aliphatic rings. The van der Waals surface area contributed by atoms with Crippen molar-refractivity contribution < 1.29 is 0 Å². The van der Waals surface area contributed by atoms with Gasteiger partial charge in [-0.3, -0.25) is 0 Å². The van der Waals surface area contributed by atoms with E-state index >= 15 is 0 Å². The van der Waals surface area contributed by atoms with E-state index in [9.17, 15) is 0 Å². The quantitative estimate of drug-likeness (QED) is 0.489. The molecule has 0 amide bonds. The number of benzene rings is 3. The van der Waals surface area contributed by atoms with Gasteiger partial charge in [-0.2, -0.15) is 0 Å². The Labute approximate surface area is 151 Å². The molecule has 0 atom stereocenters. The van der Waals surface area contributed by atoms with E-state index in [1.165, 1.54) is 5.56 Å². The maximum absolute atomic E-state index is 2.28. The first-order valence-electron chi connectivity index (χ1n) is 8.72. The van der Waals surface area contributed by atoms with Gasteiger partial charge < -0.3 is 4.90 Å². The van der Waals surface area contributed by atoms with Crippen molar-refractivity contribution in [1.82, 2.24) is 0 Å². The molecule has 0 bridgehead atoms. The molecule has 3 aromatic rings. The first-order valence-corrected chi connectivity index (χ1v) is 8.72. The fourth-order valence-corrected chi connectivity index (χ4v) is 2.68. The average molecular weight is 327 g/mol. The highest BCUT2D eigenvalue weighted by atomic mass is 15.1. The minimum atomic E-state index is 0.193. The molecule has 0 saturated carbocycles. The van der Waals surface area contributed by atoms with Crippen LogP contribution >= 0.6 is 0 Å². The predicted molar refractivity (Wildman–Crippen MR) is 110 cm³/mol. The summed E-state index contributed by atoms with van der Waals surface area (Å²) in [4.78, 5) is 2.28. The van der Waals surface area contributed by atoms with Crippen LogP contribution in [-0.4, -0.2) is 0 Å². The third-order valence-corrected chi connectivity index (χ3v) is 3.96. The average Bonchev–Trinajstić information content (AvgIpc) is 2.62.